The van der Waals surface area contributed by atoms with Crippen molar-refractivity contribution in [2.24, 2.45) is 11.7 Å². The number of benzene rings is 1. The zero-order chi connectivity index (χ0) is 13.3. The van der Waals surface area contributed by atoms with Gasteiger partial charge in [-0.3, -0.25) is 0 Å². The fourth-order valence-electron chi connectivity index (χ4n) is 2.14. The molecule has 0 aliphatic carbocycles. The van der Waals surface area contributed by atoms with Crippen LogP contribution in [0.4, 0.5) is 4.39 Å². The number of rotatable bonds is 4. The van der Waals surface area contributed by atoms with Gasteiger partial charge in [0.1, 0.15) is 11.3 Å². The maximum absolute atomic E-state index is 13.8. The molecule has 98 valence electrons. The van der Waals surface area contributed by atoms with Crippen LogP contribution in [-0.2, 0) is 6.54 Å². The highest BCUT2D eigenvalue weighted by atomic mass is 19.1. The van der Waals surface area contributed by atoms with Gasteiger partial charge in [-0.05, 0) is 24.5 Å². The summed E-state index contributed by atoms with van der Waals surface area (Å²) in [7, 11) is 0. The van der Waals surface area contributed by atoms with Crippen LogP contribution in [-0.4, -0.2) is 9.55 Å². The minimum Gasteiger partial charge on any atom is -0.327 e. The molecule has 1 aromatic heterocycles. The molecule has 0 saturated heterocycles. The van der Waals surface area contributed by atoms with Crippen LogP contribution in [0.2, 0.25) is 0 Å². The number of fused-ring (bicyclic) bond motifs is 1. The van der Waals surface area contributed by atoms with Crippen LogP contribution < -0.4 is 5.73 Å². The quantitative estimate of drug-likeness (QED) is 0.904. The lowest BCUT2D eigenvalue weighted by atomic mass is 10.1. The van der Waals surface area contributed by atoms with Gasteiger partial charge < -0.3 is 10.3 Å². The molecular formula is C14H20FN3. The number of aromatic nitrogens is 2. The molecule has 0 amide bonds. The van der Waals surface area contributed by atoms with Crippen molar-refractivity contribution < 1.29 is 4.39 Å². The molecule has 1 aromatic carbocycles. The van der Waals surface area contributed by atoms with Crippen LogP contribution in [0.3, 0.4) is 0 Å². The Bertz CT molecular complexity index is 545. The summed E-state index contributed by atoms with van der Waals surface area (Å²) in [5.74, 6) is 0.784. The van der Waals surface area contributed by atoms with E-state index in [9.17, 15) is 4.39 Å². The third kappa shape index (κ3) is 2.12. The van der Waals surface area contributed by atoms with Gasteiger partial charge in [0, 0.05) is 6.54 Å². The van der Waals surface area contributed by atoms with Crippen molar-refractivity contribution in [2.75, 3.05) is 0 Å². The molecule has 0 radical (unpaired) electrons. The minimum absolute atomic E-state index is 0.164. The van der Waals surface area contributed by atoms with Gasteiger partial charge >= 0.3 is 0 Å². The summed E-state index contributed by atoms with van der Waals surface area (Å²) in [5.41, 5.74) is 7.44. The van der Waals surface area contributed by atoms with Crippen molar-refractivity contribution in [1.82, 2.24) is 9.55 Å². The highest BCUT2D eigenvalue weighted by Crippen LogP contribution is 2.25. The number of aryl methyl sites for hydroxylation is 1. The van der Waals surface area contributed by atoms with Crippen LogP contribution in [0.25, 0.3) is 11.0 Å². The van der Waals surface area contributed by atoms with E-state index < -0.39 is 0 Å². The average Bonchev–Trinajstić information content (AvgIpc) is 2.69. The Morgan fingerprint density at radius 3 is 2.72 bits per heavy atom. The number of nitrogens with two attached hydrogens (primary N) is 1. The first-order chi connectivity index (χ1) is 8.56. The van der Waals surface area contributed by atoms with Gasteiger partial charge in [-0.15, -0.1) is 0 Å². The largest absolute Gasteiger partial charge is 0.327 e. The molecule has 2 aromatic rings. The predicted molar refractivity (Wildman–Crippen MR) is 71.7 cm³/mol. The highest BCUT2D eigenvalue weighted by Gasteiger charge is 2.20. The summed E-state index contributed by atoms with van der Waals surface area (Å²) in [6, 6.07) is 4.90. The summed E-state index contributed by atoms with van der Waals surface area (Å²) < 4.78 is 15.8. The topological polar surface area (TPSA) is 43.8 Å². The Hall–Kier alpha value is -1.42. The normalized spacial score (nSPS) is 13.4. The van der Waals surface area contributed by atoms with Crippen LogP contribution in [0.5, 0.6) is 0 Å². The smallest absolute Gasteiger partial charge is 0.151 e. The number of halogens is 1. The van der Waals surface area contributed by atoms with Gasteiger partial charge in [0.15, 0.2) is 5.82 Å². The van der Waals surface area contributed by atoms with E-state index in [1.807, 2.05) is 10.6 Å². The van der Waals surface area contributed by atoms with Crippen molar-refractivity contribution in [3.63, 3.8) is 0 Å². The monoisotopic (exact) mass is 249 g/mol. The molecule has 18 heavy (non-hydrogen) atoms. The summed E-state index contributed by atoms with van der Waals surface area (Å²) >= 11 is 0. The Kier molecular flexibility index (Phi) is 3.66. The van der Waals surface area contributed by atoms with E-state index in [1.165, 1.54) is 6.07 Å². The zero-order valence-electron chi connectivity index (χ0n) is 11.2. The highest BCUT2D eigenvalue weighted by molar-refractivity contribution is 5.76. The van der Waals surface area contributed by atoms with Crippen molar-refractivity contribution >= 4 is 11.0 Å². The van der Waals surface area contributed by atoms with Gasteiger partial charge in [0.25, 0.3) is 0 Å². The molecule has 1 atom stereocenters. The van der Waals surface area contributed by atoms with E-state index >= 15 is 0 Å². The maximum Gasteiger partial charge on any atom is 0.151 e. The Balaban J connectivity index is 2.64. The maximum atomic E-state index is 13.8. The molecule has 2 rings (SSSR count). The summed E-state index contributed by atoms with van der Waals surface area (Å²) in [4.78, 5) is 4.41. The van der Waals surface area contributed by atoms with Crippen molar-refractivity contribution in [1.29, 1.82) is 0 Å². The predicted octanol–water partition coefficient (Wildman–Crippen LogP) is 3.24. The SMILES string of the molecule is CCCn1c(C(N)C(C)C)nc2c(F)cccc21. The van der Waals surface area contributed by atoms with Gasteiger partial charge in [-0.25, -0.2) is 9.37 Å². The van der Waals surface area contributed by atoms with Crippen molar-refractivity contribution in [2.45, 2.75) is 39.8 Å². The first kappa shape index (κ1) is 13.0. The fourth-order valence-corrected chi connectivity index (χ4v) is 2.14. The van der Waals surface area contributed by atoms with E-state index in [0.717, 1.165) is 24.3 Å². The lowest BCUT2D eigenvalue weighted by Gasteiger charge is -2.17. The molecule has 2 N–H and O–H groups in total. The van der Waals surface area contributed by atoms with Crippen LogP contribution >= 0.6 is 0 Å². The zero-order valence-corrected chi connectivity index (χ0v) is 11.2. The summed E-state index contributed by atoms with van der Waals surface area (Å²) in [6.45, 7) is 7.01. The number of hydrogen-bond donors (Lipinski definition) is 1. The summed E-state index contributed by atoms with van der Waals surface area (Å²) in [5, 5.41) is 0. The molecule has 0 saturated carbocycles. The third-order valence-corrected chi connectivity index (χ3v) is 3.22. The minimum atomic E-state index is -0.278. The fraction of sp³-hybridized carbons (Fsp3) is 0.500. The van der Waals surface area contributed by atoms with Gasteiger partial charge in [-0.1, -0.05) is 26.8 Å². The van der Waals surface area contributed by atoms with Crippen molar-refractivity contribution in [3.8, 4) is 0 Å². The first-order valence-corrected chi connectivity index (χ1v) is 6.46. The molecule has 1 heterocycles. The second-order valence-corrected chi connectivity index (χ2v) is 5.00. The van der Waals surface area contributed by atoms with Gasteiger partial charge in [-0.2, -0.15) is 0 Å². The second-order valence-electron chi connectivity index (χ2n) is 5.00. The molecule has 0 aliphatic heterocycles. The first-order valence-electron chi connectivity index (χ1n) is 6.46. The number of imidazole rings is 1. The van der Waals surface area contributed by atoms with Gasteiger partial charge in [0.05, 0.1) is 11.6 Å². The number of para-hydroxylation sites is 1. The number of hydrogen-bond acceptors (Lipinski definition) is 2. The lowest BCUT2D eigenvalue weighted by Crippen LogP contribution is -2.21. The van der Waals surface area contributed by atoms with E-state index in [2.05, 4.69) is 25.8 Å². The van der Waals surface area contributed by atoms with E-state index in [1.54, 1.807) is 6.07 Å². The Morgan fingerprint density at radius 1 is 1.39 bits per heavy atom. The van der Waals surface area contributed by atoms with Gasteiger partial charge in [0.2, 0.25) is 0 Å². The average molecular weight is 249 g/mol. The molecule has 0 bridgehead atoms. The molecule has 0 aliphatic rings. The second kappa shape index (κ2) is 5.06. The molecule has 1 unspecified atom stereocenters. The number of nitrogens with zero attached hydrogens (tertiary/aromatic N) is 2. The molecule has 0 fully saturated rings. The molecule has 0 spiro atoms. The molecule has 4 heteroatoms. The van der Waals surface area contributed by atoms with Crippen LogP contribution in [0, 0.1) is 11.7 Å². The standard InChI is InChI=1S/C14H20FN3/c1-4-8-18-11-7-5-6-10(15)13(11)17-14(18)12(16)9(2)3/h5-7,9,12H,4,8,16H2,1-3H3. The molecular weight excluding hydrogens is 229 g/mol. The summed E-state index contributed by atoms with van der Waals surface area (Å²) in [6.07, 6.45) is 0.972. The Labute approximate surface area is 107 Å². The molecule has 3 nitrogen and oxygen atoms in total. The van der Waals surface area contributed by atoms with E-state index in [-0.39, 0.29) is 17.8 Å². The lowest BCUT2D eigenvalue weighted by molar-refractivity contribution is 0.467. The van der Waals surface area contributed by atoms with E-state index in [4.69, 9.17) is 5.73 Å². The Morgan fingerprint density at radius 2 is 2.11 bits per heavy atom. The van der Waals surface area contributed by atoms with E-state index in [0.29, 0.717) is 5.52 Å². The van der Waals surface area contributed by atoms with Crippen molar-refractivity contribution in [3.05, 3.63) is 29.8 Å². The van der Waals surface area contributed by atoms with Crippen LogP contribution in [0.15, 0.2) is 18.2 Å². The van der Waals surface area contributed by atoms with Crippen LogP contribution in [0.1, 0.15) is 39.1 Å². The third-order valence-electron chi connectivity index (χ3n) is 3.22.